The summed E-state index contributed by atoms with van der Waals surface area (Å²) in [5, 5.41) is 11.4. The number of aliphatic carboxylic acids is 1. The van der Waals surface area contributed by atoms with Crippen LogP contribution >= 0.6 is 0 Å². The molecule has 76 valence electrons. The largest absolute Gasteiger partial charge is 0.478 e. The summed E-state index contributed by atoms with van der Waals surface area (Å²) in [6.45, 7) is 0. The molecule has 0 spiro atoms. The van der Waals surface area contributed by atoms with E-state index in [0.717, 1.165) is 12.1 Å². The lowest BCUT2D eigenvalue weighted by atomic mass is 10.2. The number of nitrogens with zero attached hydrogens (tertiary/aromatic N) is 3. The second-order valence-electron chi connectivity index (χ2n) is 2.57. The molecule has 1 aromatic rings. The summed E-state index contributed by atoms with van der Waals surface area (Å²) in [5.74, 6) is -1.81. The Labute approximate surface area is 84.1 Å². The van der Waals surface area contributed by atoms with Gasteiger partial charge in [-0.25, -0.2) is 9.18 Å². The first-order valence-corrected chi connectivity index (χ1v) is 3.89. The Kier molecular flexibility index (Phi) is 3.43. The molecule has 0 aliphatic heterocycles. The molecule has 0 radical (unpaired) electrons. The number of benzene rings is 1. The molecule has 6 heteroatoms. The SMILES string of the molecule is [N-]=[N+]=Nc1ccc(/C=C/C(=O)O)cc1F. The molecule has 5 nitrogen and oxygen atoms in total. The van der Waals surface area contributed by atoms with Gasteiger partial charge in [0.25, 0.3) is 0 Å². The van der Waals surface area contributed by atoms with Crippen LogP contribution in [0.2, 0.25) is 0 Å². The Balaban J connectivity index is 3.01. The van der Waals surface area contributed by atoms with Crippen molar-refractivity contribution >= 4 is 17.7 Å². The smallest absolute Gasteiger partial charge is 0.328 e. The maximum Gasteiger partial charge on any atom is 0.328 e. The molecule has 0 bridgehead atoms. The Morgan fingerprint density at radius 3 is 2.87 bits per heavy atom. The predicted molar refractivity (Wildman–Crippen MR) is 51.9 cm³/mol. The van der Waals surface area contributed by atoms with Crippen molar-refractivity contribution in [3.05, 3.63) is 46.1 Å². The van der Waals surface area contributed by atoms with Gasteiger partial charge >= 0.3 is 5.97 Å². The van der Waals surface area contributed by atoms with Gasteiger partial charge in [-0.1, -0.05) is 11.2 Å². The minimum absolute atomic E-state index is 0.120. The Hall–Kier alpha value is -2.33. The summed E-state index contributed by atoms with van der Waals surface area (Å²) in [6, 6.07) is 3.81. The van der Waals surface area contributed by atoms with Crippen molar-refractivity contribution in [3.8, 4) is 0 Å². The molecule has 0 unspecified atom stereocenters. The second-order valence-corrected chi connectivity index (χ2v) is 2.57. The van der Waals surface area contributed by atoms with Crippen molar-refractivity contribution < 1.29 is 14.3 Å². The fourth-order valence-corrected chi connectivity index (χ4v) is 0.924. The van der Waals surface area contributed by atoms with E-state index >= 15 is 0 Å². The molecule has 0 aliphatic rings. The maximum atomic E-state index is 13.1. The van der Waals surface area contributed by atoms with Crippen LogP contribution in [0.15, 0.2) is 29.4 Å². The predicted octanol–water partition coefficient (Wildman–Crippen LogP) is 2.87. The maximum absolute atomic E-state index is 13.1. The standard InChI is InChI=1S/C9H6FN3O2/c10-7-5-6(2-4-9(14)15)1-3-8(7)12-13-11/h1-5H,(H,14,15)/b4-2+. The lowest BCUT2D eigenvalue weighted by molar-refractivity contribution is -0.131. The zero-order valence-corrected chi connectivity index (χ0v) is 7.46. The van der Waals surface area contributed by atoms with Crippen LogP contribution in [0.25, 0.3) is 16.5 Å². The Morgan fingerprint density at radius 2 is 2.33 bits per heavy atom. The normalized spacial score (nSPS) is 9.93. The number of rotatable bonds is 3. The van der Waals surface area contributed by atoms with Gasteiger partial charge in [0.15, 0.2) is 0 Å². The Bertz CT molecular complexity index is 464. The summed E-state index contributed by atoms with van der Waals surface area (Å²) in [5.41, 5.74) is 8.35. The number of carboxylic acids is 1. The first-order chi connectivity index (χ1) is 7.13. The van der Waals surface area contributed by atoms with Crippen molar-refractivity contribution in [2.24, 2.45) is 5.11 Å². The van der Waals surface area contributed by atoms with Gasteiger partial charge in [-0.05, 0) is 29.3 Å². The second kappa shape index (κ2) is 4.78. The van der Waals surface area contributed by atoms with Crippen molar-refractivity contribution in [3.63, 3.8) is 0 Å². The van der Waals surface area contributed by atoms with Crippen LogP contribution in [0.4, 0.5) is 10.1 Å². The third kappa shape index (κ3) is 3.13. The fourth-order valence-electron chi connectivity index (χ4n) is 0.924. The van der Waals surface area contributed by atoms with Crippen LogP contribution in [-0.2, 0) is 4.79 Å². The van der Waals surface area contributed by atoms with Crippen LogP contribution in [0.1, 0.15) is 5.56 Å². The van der Waals surface area contributed by atoms with E-state index in [2.05, 4.69) is 10.0 Å². The average molecular weight is 207 g/mol. The fraction of sp³-hybridized carbons (Fsp3) is 0. The molecule has 1 aromatic carbocycles. The molecule has 0 heterocycles. The van der Waals surface area contributed by atoms with E-state index in [1.54, 1.807) is 0 Å². The highest BCUT2D eigenvalue weighted by Gasteiger charge is 1.99. The number of halogens is 1. The molecule has 0 amide bonds. The van der Waals surface area contributed by atoms with Gasteiger partial charge in [-0.3, -0.25) is 0 Å². The molecule has 0 saturated heterocycles. The van der Waals surface area contributed by atoms with Gasteiger partial charge in [0.1, 0.15) is 5.82 Å². The van der Waals surface area contributed by atoms with Crippen LogP contribution < -0.4 is 0 Å². The molecule has 0 atom stereocenters. The molecule has 0 aromatic heterocycles. The van der Waals surface area contributed by atoms with E-state index in [1.165, 1.54) is 18.2 Å². The van der Waals surface area contributed by atoms with Gasteiger partial charge in [0.2, 0.25) is 0 Å². The summed E-state index contributed by atoms with van der Waals surface area (Å²) in [7, 11) is 0. The highest BCUT2D eigenvalue weighted by molar-refractivity contribution is 5.85. The van der Waals surface area contributed by atoms with Gasteiger partial charge < -0.3 is 5.11 Å². The summed E-state index contributed by atoms with van der Waals surface area (Å²) >= 11 is 0. The monoisotopic (exact) mass is 207 g/mol. The summed E-state index contributed by atoms with van der Waals surface area (Å²) < 4.78 is 13.1. The van der Waals surface area contributed by atoms with E-state index in [9.17, 15) is 9.18 Å². The molecule has 15 heavy (non-hydrogen) atoms. The first-order valence-electron chi connectivity index (χ1n) is 3.89. The number of hydrogen-bond acceptors (Lipinski definition) is 2. The highest BCUT2D eigenvalue weighted by Crippen LogP contribution is 2.19. The summed E-state index contributed by atoms with van der Waals surface area (Å²) in [4.78, 5) is 12.6. The third-order valence-corrected chi connectivity index (χ3v) is 1.54. The number of azide groups is 1. The zero-order chi connectivity index (χ0) is 11.3. The minimum Gasteiger partial charge on any atom is -0.478 e. The van der Waals surface area contributed by atoms with E-state index < -0.39 is 11.8 Å². The molecule has 0 fully saturated rings. The van der Waals surface area contributed by atoms with Gasteiger partial charge in [0, 0.05) is 11.0 Å². The number of carboxylic acid groups (broad SMARTS) is 1. The van der Waals surface area contributed by atoms with Gasteiger partial charge in [-0.2, -0.15) is 0 Å². The van der Waals surface area contributed by atoms with E-state index in [-0.39, 0.29) is 5.69 Å². The van der Waals surface area contributed by atoms with Crippen molar-refractivity contribution in [2.75, 3.05) is 0 Å². The lowest BCUT2D eigenvalue weighted by Crippen LogP contribution is -1.86. The minimum atomic E-state index is -1.12. The van der Waals surface area contributed by atoms with Crippen LogP contribution in [0.3, 0.4) is 0 Å². The topological polar surface area (TPSA) is 86.1 Å². The third-order valence-electron chi connectivity index (χ3n) is 1.54. The molecule has 1 N–H and O–H groups in total. The molecular formula is C9H6FN3O2. The van der Waals surface area contributed by atoms with E-state index in [1.807, 2.05) is 0 Å². The number of hydrogen-bond donors (Lipinski definition) is 1. The van der Waals surface area contributed by atoms with Crippen LogP contribution in [0.5, 0.6) is 0 Å². The van der Waals surface area contributed by atoms with Crippen molar-refractivity contribution in [2.45, 2.75) is 0 Å². The highest BCUT2D eigenvalue weighted by atomic mass is 19.1. The van der Waals surface area contributed by atoms with Gasteiger partial charge in [0.05, 0.1) is 5.69 Å². The Morgan fingerprint density at radius 1 is 1.60 bits per heavy atom. The molecular weight excluding hydrogens is 201 g/mol. The quantitative estimate of drug-likeness (QED) is 0.357. The molecule has 0 saturated carbocycles. The summed E-state index contributed by atoms with van der Waals surface area (Å²) in [6.07, 6.45) is 2.13. The molecule has 1 rings (SSSR count). The van der Waals surface area contributed by atoms with E-state index in [4.69, 9.17) is 10.6 Å². The van der Waals surface area contributed by atoms with Crippen LogP contribution in [0, 0.1) is 5.82 Å². The zero-order valence-electron chi connectivity index (χ0n) is 7.46. The molecule has 0 aliphatic carbocycles. The average Bonchev–Trinajstić information content (AvgIpc) is 2.19. The lowest BCUT2D eigenvalue weighted by Gasteiger charge is -1.96. The van der Waals surface area contributed by atoms with Crippen molar-refractivity contribution in [1.29, 1.82) is 0 Å². The van der Waals surface area contributed by atoms with Gasteiger partial charge in [-0.15, -0.1) is 0 Å². The van der Waals surface area contributed by atoms with E-state index in [0.29, 0.717) is 5.56 Å². The first kappa shape index (κ1) is 10.7. The van der Waals surface area contributed by atoms with Crippen LogP contribution in [-0.4, -0.2) is 11.1 Å². The number of carbonyl (C=O) groups is 1. The van der Waals surface area contributed by atoms with Crippen molar-refractivity contribution in [1.82, 2.24) is 0 Å².